The standard InChI is InChI=1S/C16H24N4O3S.ClH/c1-17-11-12-18-15(21)9-3-2-6-10-19-16-13-7-4-5-8-14(13)24(22,23)20-16;/h4-5,7-8,17H,2-3,6,9-12H2,1H3,(H,18,21)(H,19,20);1H. The van der Waals surface area contributed by atoms with Crippen LogP contribution in [0.4, 0.5) is 0 Å². The minimum atomic E-state index is -3.46. The molecule has 1 aromatic carbocycles. The number of hydrogen-bond donors (Lipinski definition) is 3. The number of carbonyl (C=O) groups excluding carboxylic acids is 1. The van der Waals surface area contributed by atoms with Gasteiger partial charge in [-0.25, -0.2) is 8.42 Å². The summed E-state index contributed by atoms with van der Waals surface area (Å²) in [6.45, 7) is 1.94. The van der Waals surface area contributed by atoms with Crippen molar-refractivity contribution in [1.29, 1.82) is 0 Å². The van der Waals surface area contributed by atoms with E-state index in [0.29, 0.717) is 30.9 Å². The van der Waals surface area contributed by atoms with E-state index in [1.165, 1.54) is 0 Å². The predicted molar refractivity (Wildman–Crippen MR) is 101 cm³/mol. The first kappa shape index (κ1) is 21.4. The summed E-state index contributed by atoms with van der Waals surface area (Å²) in [6, 6.07) is 6.82. The Morgan fingerprint density at radius 3 is 2.68 bits per heavy atom. The van der Waals surface area contributed by atoms with Gasteiger partial charge in [0.25, 0.3) is 10.0 Å². The van der Waals surface area contributed by atoms with Crippen molar-refractivity contribution in [2.24, 2.45) is 4.99 Å². The molecule has 9 heteroatoms. The summed E-state index contributed by atoms with van der Waals surface area (Å²) in [4.78, 5) is 16.2. The Hall–Kier alpha value is -1.64. The maximum absolute atomic E-state index is 11.9. The number of benzene rings is 1. The zero-order chi connectivity index (χ0) is 17.4. The largest absolute Gasteiger partial charge is 0.355 e. The van der Waals surface area contributed by atoms with Crippen LogP contribution in [0, 0.1) is 0 Å². The molecule has 1 aliphatic heterocycles. The summed E-state index contributed by atoms with van der Waals surface area (Å²) < 4.78 is 26.4. The second-order valence-corrected chi connectivity index (χ2v) is 7.25. The van der Waals surface area contributed by atoms with Gasteiger partial charge in [0.15, 0.2) is 0 Å². The zero-order valence-corrected chi connectivity index (χ0v) is 15.9. The van der Waals surface area contributed by atoms with Gasteiger partial charge in [0.05, 0.1) is 4.90 Å². The number of nitrogens with zero attached hydrogens (tertiary/aromatic N) is 1. The number of rotatable bonds is 9. The second kappa shape index (κ2) is 10.4. The van der Waals surface area contributed by atoms with E-state index in [9.17, 15) is 13.2 Å². The lowest BCUT2D eigenvalue weighted by Crippen LogP contribution is -2.30. The first-order valence-electron chi connectivity index (χ1n) is 8.12. The molecule has 0 saturated heterocycles. The first-order chi connectivity index (χ1) is 11.5. The quantitative estimate of drug-likeness (QED) is 0.550. The lowest BCUT2D eigenvalue weighted by atomic mass is 10.2. The maximum Gasteiger partial charge on any atom is 0.263 e. The first-order valence-corrected chi connectivity index (χ1v) is 9.61. The van der Waals surface area contributed by atoms with Crippen molar-refractivity contribution in [2.45, 2.75) is 30.6 Å². The topological polar surface area (TPSA) is 99.7 Å². The lowest BCUT2D eigenvalue weighted by molar-refractivity contribution is -0.121. The molecule has 25 heavy (non-hydrogen) atoms. The molecule has 3 N–H and O–H groups in total. The molecule has 1 amide bonds. The third-order valence-corrected chi connectivity index (χ3v) is 5.09. The van der Waals surface area contributed by atoms with E-state index >= 15 is 0 Å². The Kier molecular flexibility index (Phi) is 8.88. The molecule has 0 unspecified atom stereocenters. The van der Waals surface area contributed by atoms with Crippen LogP contribution in [0.25, 0.3) is 0 Å². The third-order valence-electron chi connectivity index (χ3n) is 3.69. The van der Waals surface area contributed by atoms with Gasteiger partial charge < -0.3 is 10.6 Å². The van der Waals surface area contributed by atoms with Crippen LogP contribution in [-0.2, 0) is 14.8 Å². The van der Waals surface area contributed by atoms with Crippen LogP contribution in [0.15, 0.2) is 34.2 Å². The minimum absolute atomic E-state index is 0. The molecule has 0 aliphatic carbocycles. The summed E-state index contributed by atoms with van der Waals surface area (Å²) >= 11 is 0. The molecule has 0 fully saturated rings. The average Bonchev–Trinajstić information content (AvgIpc) is 2.82. The number of halogens is 1. The van der Waals surface area contributed by atoms with Gasteiger partial charge in [-0.05, 0) is 32.0 Å². The number of aliphatic imine (C=N–C) groups is 1. The molecule has 1 aromatic rings. The number of amidine groups is 1. The van der Waals surface area contributed by atoms with Gasteiger partial charge in [-0.1, -0.05) is 18.6 Å². The lowest BCUT2D eigenvalue weighted by Gasteiger charge is -2.04. The zero-order valence-electron chi connectivity index (χ0n) is 14.2. The van der Waals surface area contributed by atoms with Crippen LogP contribution in [0.2, 0.25) is 0 Å². The Bertz CT molecular complexity index is 707. The Balaban J connectivity index is 0.00000312. The number of amides is 1. The Morgan fingerprint density at radius 2 is 1.92 bits per heavy atom. The SMILES string of the molecule is CNCCNC(=O)CCCCCN=C1NS(=O)(=O)c2ccccc21.Cl. The number of carbonyl (C=O) groups is 1. The van der Waals surface area contributed by atoms with Crippen LogP contribution in [0.1, 0.15) is 31.2 Å². The number of hydrogen-bond acceptors (Lipinski definition) is 5. The molecule has 0 aromatic heterocycles. The van der Waals surface area contributed by atoms with Crippen molar-refractivity contribution < 1.29 is 13.2 Å². The number of unbranched alkanes of at least 4 members (excludes halogenated alkanes) is 2. The number of fused-ring (bicyclic) bond motifs is 1. The molecule has 0 atom stereocenters. The van der Waals surface area contributed by atoms with Crippen molar-refractivity contribution in [3.8, 4) is 0 Å². The molecular formula is C16H25ClN4O3S. The Morgan fingerprint density at radius 1 is 1.16 bits per heavy atom. The second-order valence-electron chi connectivity index (χ2n) is 5.60. The average molecular weight is 389 g/mol. The van der Waals surface area contributed by atoms with Gasteiger partial charge >= 0.3 is 0 Å². The van der Waals surface area contributed by atoms with Crippen LogP contribution in [-0.4, -0.2) is 46.8 Å². The van der Waals surface area contributed by atoms with Gasteiger partial charge in [0.1, 0.15) is 5.84 Å². The normalized spacial score (nSPS) is 16.0. The number of nitrogens with one attached hydrogen (secondary N) is 3. The smallest absolute Gasteiger partial charge is 0.263 e. The summed E-state index contributed by atoms with van der Waals surface area (Å²) in [5.74, 6) is 0.476. The monoisotopic (exact) mass is 388 g/mol. The fraction of sp³-hybridized carbons (Fsp3) is 0.500. The summed E-state index contributed by atoms with van der Waals surface area (Å²) in [5.41, 5.74) is 0.626. The van der Waals surface area contributed by atoms with E-state index < -0.39 is 10.0 Å². The molecule has 7 nitrogen and oxygen atoms in total. The Labute approximate surface area is 155 Å². The van der Waals surface area contributed by atoms with Crippen molar-refractivity contribution in [3.63, 3.8) is 0 Å². The number of sulfonamides is 1. The summed E-state index contributed by atoms with van der Waals surface area (Å²) in [5, 5.41) is 5.80. The summed E-state index contributed by atoms with van der Waals surface area (Å²) in [6.07, 6.45) is 3.01. The molecule has 0 radical (unpaired) electrons. The van der Waals surface area contributed by atoms with Crippen molar-refractivity contribution >= 4 is 34.2 Å². The van der Waals surface area contributed by atoms with Crippen molar-refractivity contribution in [3.05, 3.63) is 29.8 Å². The maximum atomic E-state index is 11.9. The van der Waals surface area contributed by atoms with Crippen LogP contribution in [0.5, 0.6) is 0 Å². The van der Waals surface area contributed by atoms with E-state index in [2.05, 4.69) is 20.3 Å². The van der Waals surface area contributed by atoms with Crippen LogP contribution in [0.3, 0.4) is 0 Å². The predicted octanol–water partition coefficient (Wildman–Crippen LogP) is 1.04. The number of likely N-dealkylation sites (N-methyl/N-ethyl adjacent to an activating group) is 1. The minimum Gasteiger partial charge on any atom is -0.355 e. The molecular weight excluding hydrogens is 364 g/mol. The van der Waals surface area contributed by atoms with Gasteiger partial charge in [-0.15, -0.1) is 12.4 Å². The third kappa shape index (κ3) is 6.30. The van der Waals surface area contributed by atoms with E-state index in [1.54, 1.807) is 24.3 Å². The molecule has 1 aliphatic rings. The van der Waals surface area contributed by atoms with Gasteiger partial charge in [0, 0.05) is 31.6 Å². The summed E-state index contributed by atoms with van der Waals surface area (Å²) in [7, 11) is -1.62. The van der Waals surface area contributed by atoms with Gasteiger partial charge in [0.2, 0.25) is 5.91 Å². The van der Waals surface area contributed by atoms with Crippen molar-refractivity contribution in [2.75, 3.05) is 26.7 Å². The molecule has 0 bridgehead atoms. The molecule has 140 valence electrons. The molecule has 0 saturated carbocycles. The molecule has 1 heterocycles. The van der Waals surface area contributed by atoms with E-state index in [-0.39, 0.29) is 23.2 Å². The van der Waals surface area contributed by atoms with E-state index in [1.807, 2.05) is 7.05 Å². The van der Waals surface area contributed by atoms with Gasteiger partial charge in [-0.3, -0.25) is 14.5 Å². The molecule has 2 rings (SSSR count). The highest BCUT2D eigenvalue weighted by molar-refractivity contribution is 7.90. The highest BCUT2D eigenvalue weighted by atomic mass is 35.5. The van der Waals surface area contributed by atoms with E-state index in [0.717, 1.165) is 25.8 Å². The molecule has 0 spiro atoms. The van der Waals surface area contributed by atoms with Crippen LogP contribution >= 0.6 is 12.4 Å². The van der Waals surface area contributed by atoms with E-state index in [4.69, 9.17) is 0 Å². The fourth-order valence-corrected chi connectivity index (χ4v) is 3.68. The van der Waals surface area contributed by atoms with Crippen LogP contribution < -0.4 is 15.4 Å². The highest BCUT2D eigenvalue weighted by Gasteiger charge is 2.29. The highest BCUT2D eigenvalue weighted by Crippen LogP contribution is 2.22. The fourth-order valence-electron chi connectivity index (χ4n) is 2.43. The van der Waals surface area contributed by atoms with Crippen molar-refractivity contribution in [1.82, 2.24) is 15.4 Å². The van der Waals surface area contributed by atoms with Gasteiger partial charge in [-0.2, -0.15) is 0 Å².